The Morgan fingerprint density at radius 1 is 0.201 bits per heavy atom. The molecule has 5 aliphatic heterocycles. The van der Waals surface area contributed by atoms with Gasteiger partial charge in [0.25, 0.3) is 29.1 Å². The van der Waals surface area contributed by atoms with Crippen LogP contribution in [0.4, 0.5) is 0 Å². The Labute approximate surface area is 858 Å². The number of nitrogens with zero attached hydrogens (tertiary/aromatic N) is 10. The highest BCUT2D eigenvalue weighted by Crippen LogP contribution is 2.52. The van der Waals surface area contributed by atoms with Gasteiger partial charge < -0.3 is 0 Å². The maximum absolute atomic E-state index is 2.53. The minimum absolute atomic E-state index is 0.0311. The number of rotatable bonds is 13. The molecule has 0 amide bonds. The lowest BCUT2D eigenvalue weighted by atomic mass is 9.68. The maximum atomic E-state index is 2.53. The van der Waals surface area contributed by atoms with Crippen molar-refractivity contribution >= 4 is 31.0 Å². The standard InChI is InChI=1S/C29H35N2.C29H29N2.C28H33N2.2C24H27N2/c2*1-20-12-9-10-17-25(20)31-23(4)27-29(5,24-15-7-6-8-16-24)18-19-30(27)28(31)26-21(2)13-11-14-22(26)3;1-19-11-6-9-16-24(19)30-22(4)26-28(5,23-14-7-8-15-23)17-18-29(26)27(30)25-20(2)12-10-13-21(25)3;2*1-16-10-7-8-13-20(16)26-19(4)22-24(5,6)14-15-25(22)23(26)21-17(2)11-9-12-18(21)3/h9-14,17-19,24H,6-8,15-16H2,1-5H3;6-19H,1-5H3;6,9-13,16-18,23H,7-8,14-15H2,1-5H3;2*7-15H,1-6H3/q5*+1. The Hall–Kier alpha value is -13.8. The van der Waals surface area contributed by atoms with Gasteiger partial charge in [-0.1, -0.05) is 244 Å². The Balaban J connectivity index is 0.000000114. The Morgan fingerprint density at radius 2 is 0.403 bits per heavy atom. The molecule has 0 N–H and O–H groups in total. The van der Waals surface area contributed by atoms with Gasteiger partial charge in [-0.3, -0.25) is 0 Å². The molecule has 7 aliphatic rings. The van der Waals surface area contributed by atoms with Crippen LogP contribution in [0, 0.1) is 150 Å². The van der Waals surface area contributed by atoms with Crippen molar-refractivity contribution < 1.29 is 22.8 Å². The Bertz CT molecular complexity index is 7620. The predicted molar refractivity (Wildman–Crippen MR) is 601 cm³/mol. The minimum atomic E-state index is -0.176. The van der Waals surface area contributed by atoms with E-state index in [-0.39, 0.29) is 27.1 Å². The van der Waals surface area contributed by atoms with Crippen LogP contribution >= 0.6 is 0 Å². The van der Waals surface area contributed by atoms with Gasteiger partial charge in [0.1, 0.15) is 28.4 Å². The highest BCUT2D eigenvalue weighted by Gasteiger charge is 2.53. The van der Waals surface area contributed by atoms with Crippen LogP contribution in [0.2, 0.25) is 0 Å². The molecule has 0 spiro atoms. The number of hydrogen-bond acceptors (Lipinski definition) is 0. The number of fused-ring (bicyclic) bond motifs is 5. The molecule has 10 nitrogen and oxygen atoms in total. The van der Waals surface area contributed by atoms with E-state index in [1.807, 2.05) is 0 Å². The lowest BCUT2D eigenvalue weighted by Crippen LogP contribution is -2.38. The summed E-state index contributed by atoms with van der Waals surface area (Å²) in [5.74, 6) is 7.79. The fourth-order valence-corrected chi connectivity index (χ4v) is 26.5. The molecule has 5 aromatic heterocycles. The van der Waals surface area contributed by atoms with Crippen LogP contribution in [0.15, 0.2) is 273 Å². The van der Waals surface area contributed by atoms with E-state index in [1.54, 1.807) is 0 Å². The van der Waals surface area contributed by atoms with Crippen molar-refractivity contribution in [3.05, 3.63) is 419 Å². The lowest BCUT2D eigenvalue weighted by Gasteiger charge is -2.34. The van der Waals surface area contributed by atoms with E-state index in [9.17, 15) is 0 Å². The number of para-hydroxylation sites is 5. The molecule has 0 saturated heterocycles. The predicted octanol–water partition coefficient (Wildman–Crippen LogP) is 30.9. The van der Waals surface area contributed by atoms with Crippen LogP contribution in [-0.4, -0.2) is 22.8 Å². The molecule has 144 heavy (non-hydrogen) atoms. The van der Waals surface area contributed by atoms with E-state index in [2.05, 4.69) is 537 Å². The second-order valence-electron chi connectivity index (χ2n) is 44.6. The first-order chi connectivity index (χ1) is 68.9. The molecular weight excluding hydrogens is 1750 g/mol. The van der Waals surface area contributed by atoms with Gasteiger partial charge in [0.2, 0.25) is 0 Å². The van der Waals surface area contributed by atoms with Gasteiger partial charge in [-0.05, 0) is 340 Å². The monoisotopic (exact) mass is 1900 g/mol. The molecule has 2 aliphatic carbocycles. The molecule has 16 aromatic rings. The normalized spacial score (nSPS) is 17.9. The summed E-state index contributed by atoms with van der Waals surface area (Å²) in [5, 5.41) is 0. The number of aromatic nitrogens is 10. The molecule has 0 bridgehead atoms. The number of allylic oxidation sites excluding steroid dienone is 5. The molecule has 10 heterocycles. The summed E-state index contributed by atoms with van der Waals surface area (Å²) in [6.07, 6.45) is 35.7. The quantitative estimate of drug-likeness (QED) is 0.103. The van der Waals surface area contributed by atoms with Gasteiger partial charge in [0.05, 0.1) is 85.9 Å². The summed E-state index contributed by atoms with van der Waals surface area (Å²) in [4.78, 5) is 0. The van der Waals surface area contributed by atoms with Crippen molar-refractivity contribution in [2.75, 3.05) is 0 Å². The second-order valence-corrected chi connectivity index (χ2v) is 44.6. The van der Waals surface area contributed by atoms with Gasteiger partial charge >= 0.3 is 0 Å². The summed E-state index contributed by atoms with van der Waals surface area (Å²) in [6.45, 7) is 61.2. The highest BCUT2D eigenvalue weighted by molar-refractivity contribution is 5.74. The average Bonchev–Trinajstić information content (AvgIpc) is 1.55. The van der Waals surface area contributed by atoms with Crippen molar-refractivity contribution in [1.29, 1.82) is 0 Å². The van der Waals surface area contributed by atoms with Crippen molar-refractivity contribution in [2.45, 2.75) is 272 Å². The first-order valence-electron chi connectivity index (χ1n) is 53.0. The van der Waals surface area contributed by atoms with E-state index in [1.165, 1.54) is 289 Å². The topological polar surface area (TPSA) is 44.0 Å². The molecule has 0 radical (unpaired) electrons. The number of aryl methyl sites for hydroxylation is 15. The Kier molecular flexibility index (Phi) is 26.6. The van der Waals surface area contributed by atoms with E-state index in [0.717, 1.165) is 11.8 Å². The van der Waals surface area contributed by atoms with Crippen LogP contribution in [0.25, 0.3) is 116 Å². The average molecular weight is 1900 g/mol. The zero-order valence-electron chi connectivity index (χ0n) is 90.9. The largest absolute Gasteiger partial charge is 0.299 e. The molecule has 3 unspecified atom stereocenters. The Morgan fingerprint density at radius 3 is 0.667 bits per heavy atom. The van der Waals surface area contributed by atoms with Crippen molar-refractivity contribution in [1.82, 2.24) is 22.8 Å². The third-order valence-corrected chi connectivity index (χ3v) is 33.8. The molecule has 10 heteroatoms. The molecular formula is C134H151N10+5. The van der Waals surface area contributed by atoms with Crippen LogP contribution in [0.5, 0.6) is 0 Å². The van der Waals surface area contributed by atoms with E-state index in [4.69, 9.17) is 0 Å². The molecule has 732 valence electrons. The van der Waals surface area contributed by atoms with Gasteiger partial charge in [0.15, 0.2) is 56.9 Å². The summed E-state index contributed by atoms with van der Waals surface area (Å²) in [5.41, 5.74) is 47.8. The van der Waals surface area contributed by atoms with E-state index < -0.39 is 0 Å². The third kappa shape index (κ3) is 16.7. The fourth-order valence-electron chi connectivity index (χ4n) is 26.5. The zero-order chi connectivity index (χ0) is 102. The molecule has 3 atom stereocenters. The number of hydrogen-bond donors (Lipinski definition) is 0. The number of imidazole rings is 5. The fraction of sp³-hybridized carbons (Fsp3) is 0.321. The minimum Gasteiger partial charge on any atom is -0.198 e. The van der Waals surface area contributed by atoms with E-state index in [0.29, 0.717) is 0 Å². The van der Waals surface area contributed by atoms with Crippen molar-refractivity contribution in [3.8, 4) is 85.4 Å². The van der Waals surface area contributed by atoms with Gasteiger partial charge in [-0.15, -0.1) is 0 Å². The number of benzene rings is 11. The summed E-state index contributed by atoms with van der Waals surface area (Å²) in [7, 11) is 0. The van der Waals surface area contributed by atoms with Gasteiger partial charge in [-0.2, -0.15) is 45.7 Å². The lowest BCUT2D eigenvalue weighted by molar-refractivity contribution is -0.562. The van der Waals surface area contributed by atoms with Gasteiger partial charge in [0, 0.05) is 34.6 Å². The summed E-state index contributed by atoms with van der Waals surface area (Å²) >= 11 is 0. The van der Waals surface area contributed by atoms with Crippen LogP contribution < -0.4 is 22.8 Å². The van der Waals surface area contributed by atoms with Crippen molar-refractivity contribution in [3.63, 3.8) is 0 Å². The summed E-state index contributed by atoms with van der Waals surface area (Å²) in [6, 6.07) is 87.5. The summed E-state index contributed by atoms with van der Waals surface area (Å²) < 4.78 is 24.7. The zero-order valence-corrected chi connectivity index (χ0v) is 90.9. The molecule has 11 aromatic carbocycles. The SMILES string of the molecule is Cc1ccccc1-n1c(C)c2[n+](c1-c1c(C)cccc1C)C=CC2(C)C.Cc1ccccc1-n1c(C)c2[n+](c1-c1c(C)cccc1C)C=CC2(C)C.Cc1ccccc1-n1c(C)c2[n+](c1-c1c(C)cccc1C)C=CC2(C)C1CCCC1.Cc1ccccc1-n1c(C)c2[n+](c1-c1c(C)cccc1C)C=CC2(C)C1CCCCC1.Cc1ccccc1-n1c(C)c2[n+](c1-c1c(C)cccc1C)C=CC2(C)c1ccccc1. The first-order valence-corrected chi connectivity index (χ1v) is 53.0. The van der Waals surface area contributed by atoms with Crippen LogP contribution in [0.1, 0.15) is 252 Å². The maximum Gasteiger partial charge on any atom is 0.299 e. The smallest absolute Gasteiger partial charge is 0.198 e. The molecule has 2 fully saturated rings. The second kappa shape index (κ2) is 38.7. The van der Waals surface area contributed by atoms with Gasteiger partial charge in [-0.25, -0.2) is 0 Å². The van der Waals surface area contributed by atoms with Crippen LogP contribution in [0.3, 0.4) is 0 Å². The highest BCUT2D eigenvalue weighted by atomic mass is 15.2. The molecule has 23 rings (SSSR count). The first kappa shape index (κ1) is 98.9. The van der Waals surface area contributed by atoms with Crippen LogP contribution in [-0.2, 0) is 27.1 Å². The molecule has 2 saturated carbocycles. The van der Waals surface area contributed by atoms with Crippen molar-refractivity contribution in [2.24, 2.45) is 11.8 Å². The third-order valence-electron chi connectivity index (χ3n) is 33.8. The van der Waals surface area contributed by atoms with E-state index >= 15 is 0 Å².